The number of amides is 1. The molecule has 5 heteroatoms. The van der Waals surface area contributed by atoms with Gasteiger partial charge in [-0.25, -0.2) is 4.79 Å². The molecule has 1 unspecified atom stereocenters. The first kappa shape index (κ1) is 19.5. The predicted molar refractivity (Wildman–Crippen MR) is 105 cm³/mol. The number of anilines is 2. The van der Waals surface area contributed by atoms with Crippen molar-refractivity contribution >= 4 is 23.3 Å². The summed E-state index contributed by atoms with van der Waals surface area (Å²) in [4.78, 5) is 28.5. The summed E-state index contributed by atoms with van der Waals surface area (Å²) in [6.07, 6.45) is -0.866. The lowest BCUT2D eigenvalue weighted by atomic mass is 10.2. The number of hydrogen-bond acceptors (Lipinski definition) is 4. The van der Waals surface area contributed by atoms with Crippen LogP contribution >= 0.6 is 0 Å². The van der Waals surface area contributed by atoms with E-state index in [9.17, 15) is 9.59 Å². The Hall–Kier alpha value is -2.82. The molecule has 0 aliphatic heterocycles. The number of ether oxygens (including phenoxy) is 1. The van der Waals surface area contributed by atoms with Gasteiger partial charge in [0.15, 0.2) is 6.10 Å². The van der Waals surface area contributed by atoms with Crippen molar-refractivity contribution in [2.24, 2.45) is 0 Å². The number of carbonyl (C=O) groups excluding carboxylic acids is 2. The number of nitrogens with zero attached hydrogens (tertiary/aromatic N) is 2. The van der Waals surface area contributed by atoms with Crippen LogP contribution in [0.5, 0.6) is 0 Å². The maximum absolute atomic E-state index is 12.5. The van der Waals surface area contributed by atoms with Gasteiger partial charge in [0.2, 0.25) is 0 Å². The van der Waals surface area contributed by atoms with Gasteiger partial charge in [-0.05, 0) is 57.2 Å². The fraction of sp³-hybridized carbons (Fsp3) is 0.333. The quantitative estimate of drug-likeness (QED) is 0.711. The lowest BCUT2D eigenvalue weighted by molar-refractivity contribution is -0.126. The van der Waals surface area contributed by atoms with Crippen LogP contribution in [0.2, 0.25) is 0 Å². The SMILES string of the molecule is CCN(CC)c1ccc(C(=O)OC(C)C(=O)N(C)c2ccccc2)cc1. The average molecular weight is 354 g/mol. The summed E-state index contributed by atoms with van der Waals surface area (Å²) in [5.74, 6) is -0.775. The molecule has 0 N–H and O–H groups in total. The standard InChI is InChI=1S/C21H26N2O3/c1-5-23(6-2)19-14-12-17(13-15-19)21(25)26-16(3)20(24)22(4)18-10-8-7-9-11-18/h7-16H,5-6H2,1-4H3. The second kappa shape index (κ2) is 9.04. The molecule has 0 aromatic heterocycles. The molecule has 0 spiro atoms. The topological polar surface area (TPSA) is 49.9 Å². The van der Waals surface area contributed by atoms with Gasteiger partial charge >= 0.3 is 5.97 Å². The highest BCUT2D eigenvalue weighted by Gasteiger charge is 2.23. The molecule has 5 nitrogen and oxygen atoms in total. The minimum absolute atomic E-state index is 0.274. The predicted octanol–water partition coefficient (Wildman–Crippen LogP) is 3.74. The number of benzene rings is 2. The summed E-state index contributed by atoms with van der Waals surface area (Å²) in [5, 5.41) is 0. The van der Waals surface area contributed by atoms with Crippen molar-refractivity contribution < 1.29 is 14.3 Å². The van der Waals surface area contributed by atoms with Gasteiger partial charge in [-0.1, -0.05) is 18.2 Å². The normalized spacial score (nSPS) is 11.5. The van der Waals surface area contributed by atoms with Crippen LogP contribution in [0, 0.1) is 0 Å². The number of hydrogen-bond donors (Lipinski definition) is 0. The zero-order chi connectivity index (χ0) is 19.1. The van der Waals surface area contributed by atoms with Crippen LogP contribution in [0.15, 0.2) is 54.6 Å². The van der Waals surface area contributed by atoms with Crippen LogP contribution in [0.4, 0.5) is 11.4 Å². The molecule has 138 valence electrons. The van der Waals surface area contributed by atoms with Crippen LogP contribution in [0.1, 0.15) is 31.1 Å². The summed E-state index contributed by atoms with van der Waals surface area (Å²) in [7, 11) is 1.67. The van der Waals surface area contributed by atoms with Gasteiger partial charge in [0.05, 0.1) is 5.56 Å². The van der Waals surface area contributed by atoms with Crippen molar-refractivity contribution in [3.8, 4) is 0 Å². The van der Waals surface area contributed by atoms with Crippen molar-refractivity contribution in [3.05, 3.63) is 60.2 Å². The van der Waals surface area contributed by atoms with Gasteiger partial charge in [0.1, 0.15) is 0 Å². The molecule has 1 atom stereocenters. The first-order valence-electron chi connectivity index (χ1n) is 8.86. The van der Waals surface area contributed by atoms with E-state index in [1.54, 1.807) is 26.1 Å². The molecule has 2 aromatic rings. The Morgan fingerprint density at radius 1 is 0.923 bits per heavy atom. The number of para-hydroxylation sites is 1. The summed E-state index contributed by atoms with van der Waals surface area (Å²) in [5.41, 5.74) is 2.24. The zero-order valence-electron chi connectivity index (χ0n) is 15.8. The Balaban J connectivity index is 2.01. The molecule has 0 bridgehead atoms. The van der Waals surface area contributed by atoms with Gasteiger partial charge in [-0.3, -0.25) is 4.79 Å². The second-order valence-corrected chi connectivity index (χ2v) is 6.00. The monoisotopic (exact) mass is 354 g/mol. The van der Waals surface area contributed by atoms with Crippen molar-refractivity contribution in [2.45, 2.75) is 26.9 Å². The van der Waals surface area contributed by atoms with E-state index in [0.29, 0.717) is 5.56 Å². The molecule has 0 saturated carbocycles. The molecule has 2 aromatic carbocycles. The summed E-state index contributed by atoms with van der Waals surface area (Å²) >= 11 is 0. The third-order valence-corrected chi connectivity index (χ3v) is 4.34. The Labute approximate surface area is 155 Å². The van der Waals surface area contributed by atoms with Crippen molar-refractivity contribution in [2.75, 3.05) is 29.9 Å². The van der Waals surface area contributed by atoms with E-state index in [1.807, 2.05) is 42.5 Å². The van der Waals surface area contributed by atoms with Gasteiger partial charge in [-0.2, -0.15) is 0 Å². The van der Waals surface area contributed by atoms with E-state index in [-0.39, 0.29) is 5.91 Å². The van der Waals surface area contributed by atoms with Crippen LogP contribution in [-0.4, -0.2) is 38.1 Å². The van der Waals surface area contributed by atoms with Crippen LogP contribution in [-0.2, 0) is 9.53 Å². The highest BCUT2D eigenvalue weighted by molar-refractivity contribution is 5.98. The minimum Gasteiger partial charge on any atom is -0.449 e. The third-order valence-electron chi connectivity index (χ3n) is 4.34. The molecule has 26 heavy (non-hydrogen) atoms. The molecule has 0 saturated heterocycles. The Kier molecular flexibility index (Phi) is 6.78. The Morgan fingerprint density at radius 2 is 1.50 bits per heavy atom. The highest BCUT2D eigenvalue weighted by Crippen LogP contribution is 2.17. The largest absolute Gasteiger partial charge is 0.449 e. The van der Waals surface area contributed by atoms with E-state index >= 15 is 0 Å². The minimum atomic E-state index is -0.866. The fourth-order valence-corrected chi connectivity index (χ4v) is 2.73. The average Bonchev–Trinajstić information content (AvgIpc) is 2.68. The maximum Gasteiger partial charge on any atom is 0.338 e. The van der Waals surface area contributed by atoms with Crippen molar-refractivity contribution in [1.29, 1.82) is 0 Å². The Morgan fingerprint density at radius 3 is 2.04 bits per heavy atom. The van der Waals surface area contributed by atoms with E-state index in [2.05, 4.69) is 18.7 Å². The third kappa shape index (κ3) is 4.63. The van der Waals surface area contributed by atoms with E-state index in [4.69, 9.17) is 4.74 Å². The molecule has 0 fully saturated rings. The molecule has 1 amide bonds. The first-order chi connectivity index (χ1) is 12.5. The number of likely N-dealkylation sites (N-methyl/N-ethyl adjacent to an activating group) is 1. The summed E-state index contributed by atoms with van der Waals surface area (Å²) in [6, 6.07) is 16.5. The fourth-order valence-electron chi connectivity index (χ4n) is 2.73. The smallest absolute Gasteiger partial charge is 0.338 e. The van der Waals surface area contributed by atoms with E-state index in [0.717, 1.165) is 24.5 Å². The molecular formula is C21H26N2O3. The zero-order valence-corrected chi connectivity index (χ0v) is 15.8. The van der Waals surface area contributed by atoms with Gasteiger partial charge in [0.25, 0.3) is 5.91 Å². The van der Waals surface area contributed by atoms with Gasteiger partial charge < -0.3 is 14.5 Å². The van der Waals surface area contributed by atoms with Gasteiger partial charge in [-0.15, -0.1) is 0 Å². The van der Waals surface area contributed by atoms with Crippen molar-refractivity contribution in [3.63, 3.8) is 0 Å². The van der Waals surface area contributed by atoms with Crippen molar-refractivity contribution in [1.82, 2.24) is 0 Å². The molecule has 0 heterocycles. The highest BCUT2D eigenvalue weighted by atomic mass is 16.5. The molecule has 0 radical (unpaired) electrons. The lowest BCUT2D eigenvalue weighted by Crippen LogP contribution is -2.37. The summed E-state index contributed by atoms with van der Waals surface area (Å²) in [6.45, 7) is 7.56. The molecular weight excluding hydrogens is 328 g/mol. The number of rotatable bonds is 7. The number of esters is 1. The van der Waals surface area contributed by atoms with E-state index in [1.165, 1.54) is 4.90 Å². The van der Waals surface area contributed by atoms with E-state index < -0.39 is 12.1 Å². The second-order valence-electron chi connectivity index (χ2n) is 6.00. The Bertz CT molecular complexity index is 725. The van der Waals surface area contributed by atoms with Crippen LogP contribution in [0.25, 0.3) is 0 Å². The van der Waals surface area contributed by atoms with Crippen LogP contribution in [0.3, 0.4) is 0 Å². The summed E-state index contributed by atoms with van der Waals surface area (Å²) < 4.78 is 5.35. The molecule has 2 rings (SSSR count). The van der Waals surface area contributed by atoms with Crippen LogP contribution < -0.4 is 9.80 Å². The molecule has 0 aliphatic rings. The lowest BCUT2D eigenvalue weighted by Gasteiger charge is -2.22. The maximum atomic E-state index is 12.5. The number of carbonyl (C=O) groups is 2. The molecule has 0 aliphatic carbocycles. The first-order valence-corrected chi connectivity index (χ1v) is 8.86. The van der Waals surface area contributed by atoms with Gasteiger partial charge in [0, 0.05) is 31.5 Å².